The Hall–Kier alpha value is -3.54. The molecule has 0 saturated carbocycles. The molecule has 1 unspecified atom stereocenters. The Balaban J connectivity index is 1.90. The standard InChI is InChI=1S/C21H19F3N4O2/c1-26-19(29)18-13-27(9-10-28(18)20(30)14-5-3-2-4-6-14)16-8-7-15(12-25)17(11-16)21(22,23)24/h2-8,11,18H,9-10,13H2,1H3,(H,26,29). The number of nitriles is 1. The maximum atomic E-state index is 13.3. The second-order valence-corrected chi connectivity index (χ2v) is 6.78. The number of carbonyl (C=O) groups is 2. The zero-order valence-electron chi connectivity index (χ0n) is 16.1. The third-order valence-corrected chi connectivity index (χ3v) is 5.01. The third kappa shape index (κ3) is 4.22. The molecule has 156 valence electrons. The number of alkyl halides is 3. The number of likely N-dealkylation sites (N-methyl/N-ethyl adjacent to an activating group) is 1. The number of amides is 2. The summed E-state index contributed by atoms with van der Waals surface area (Å²) >= 11 is 0. The van der Waals surface area contributed by atoms with E-state index in [0.717, 1.165) is 12.1 Å². The molecule has 9 heteroatoms. The largest absolute Gasteiger partial charge is 0.417 e. The van der Waals surface area contributed by atoms with E-state index in [-0.39, 0.29) is 31.2 Å². The first-order valence-corrected chi connectivity index (χ1v) is 9.20. The number of halogens is 3. The highest BCUT2D eigenvalue weighted by atomic mass is 19.4. The minimum absolute atomic E-state index is 0.0292. The van der Waals surface area contributed by atoms with Gasteiger partial charge < -0.3 is 15.1 Å². The van der Waals surface area contributed by atoms with E-state index in [0.29, 0.717) is 5.56 Å². The number of hydrogen-bond acceptors (Lipinski definition) is 4. The predicted octanol–water partition coefficient (Wildman–Crippen LogP) is 2.65. The second-order valence-electron chi connectivity index (χ2n) is 6.78. The summed E-state index contributed by atoms with van der Waals surface area (Å²) in [6.45, 7) is 0.434. The Kier molecular flexibility index (Phi) is 5.96. The summed E-state index contributed by atoms with van der Waals surface area (Å²) in [5.74, 6) is -0.728. The molecule has 3 rings (SSSR count). The zero-order valence-corrected chi connectivity index (χ0v) is 16.1. The fourth-order valence-electron chi connectivity index (χ4n) is 3.46. The fourth-order valence-corrected chi connectivity index (χ4v) is 3.46. The Labute approximate surface area is 171 Å². The van der Waals surface area contributed by atoms with E-state index in [2.05, 4.69) is 5.32 Å². The fraction of sp³-hybridized carbons (Fsp3) is 0.286. The van der Waals surface area contributed by atoms with E-state index < -0.39 is 29.3 Å². The molecule has 30 heavy (non-hydrogen) atoms. The van der Waals surface area contributed by atoms with E-state index in [4.69, 9.17) is 5.26 Å². The number of hydrogen-bond donors (Lipinski definition) is 1. The summed E-state index contributed by atoms with van der Waals surface area (Å²) in [4.78, 5) is 28.4. The number of nitrogens with zero attached hydrogens (tertiary/aromatic N) is 3. The molecule has 6 nitrogen and oxygen atoms in total. The van der Waals surface area contributed by atoms with Gasteiger partial charge in [-0.2, -0.15) is 18.4 Å². The smallest absolute Gasteiger partial charge is 0.367 e. The van der Waals surface area contributed by atoms with Crippen molar-refractivity contribution in [3.8, 4) is 6.07 Å². The van der Waals surface area contributed by atoms with Gasteiger partial charge in [-0.15, -0.1) is 0 Å². The topological polar surface area (TPSA) is 76.4 Å². The summed E-state index contributed by atoms with van der Waals surface area (Å²) in [5.41, 5.74) is -0.826. The number of benzene rings is 2. The van der Waals surface area contributed by atoms with E-state index in [1.807, 2.05) is 0 Å². The highest BCUT2D eigenvalue weighted by molar-refractivity contribution is 5.98. The Morgan fingerprint density at radius 1 is 1.13 bits per heavy atom. The first kappa shape index (κ1) is 21.2. The Morgan fingerprint density at radius 2 is 1.83 bits per heavy atom. The summed E-state index contributed by atoms with van der Waals surface area (Å²) in [6, 6.07) is 12.6. The van der Waals surface area contributed by atoms with Crippen LogP contribution >= 0.6 is 0 Å². The summed E-state index contributed by atoms with van der Waals surface area (Å²) in [7, 11) is 1.44. The molecule has 2 amide bonds. The maximum Gasteiger partial charge on any atom is 0.417 e. The van der Waals surface area contributed by atoms with Crippen LogP contribution in [0.15, 0.2) is 48.5 Å². The van der Waals surface area contributed by atoms with Crippen molar-refractivity contribution in [1.82, 2.24) is 10.2 Å². The molecule has 1 aliphatic heterocycles. The first-order chi connectivity index (χ1) is 14.3. The summed E-state index contributed by atoms with van der Waals surface area (Å²) < 4.78 is 39.9. The number of rotatable bonds is 3. The molecule has 1 heterocycles. The van der Waals surface area contributed by atoms with Gasteiger partial charge in [-0.05, 0) is 30.3 Å². The average molecular weight is 416 g/mol. The number of piperazine rings is 1. The van der Waals surface area contributed by atoms with Gasteiger partial charge in [0.1, 0.15) is 6.04 Å². The normalized spacial score (nSPS) is 16.7. The van der Waals surface area contributed by atoms with Gasteiger partial charge >= 0.3 is 6.18 Å². The molecular formula is C21H19F3N4O2. The summed E-state index contributed by atoms with van der Waals surface area (Å²) in [5, 5.41) is 11.5. The van der Waals surface area contributed by atoms with Crippen LogP contribution in [0.5, 0.6) is 0 Å². The highest BCUT2D eigenvalue weighted by Gasteiger charge is 2.37. The van der Waals surface area contributed by atoms with Gasteiger partial charge in [-0.3, -0.25) is 9.59 Å². The number of anilines is 1. The van der Waals surface area contributed by atoms with Gasteiger partial charge in [0, 0.05) is 37.9 Å². The Morgan fingerprint density at radius 3 is 2.43 bits per heavy atom. The monoisotopic (exact) mass is 416 g/mol. The molecule has 0 aromatic heterocycles. The van der Waals surface area contributed by atoms with Crippen LogP contribution in [0.1, 0.15) is 21.5 Å². The molecular weight excluding hydrogens is 397 g/mol. The lowest BCUT2D eigenvalue weighted by atomic mass is 10.0. The number of nitrogens with one attached hydrogen (secondary N) is 1. The van der Waals surface area contributed by atoms with Crippen LogP contribution in [-0.4, -0.2) is 49.4 Å². The van der Waals surface area contributed by atoms with E-state index in [1.165, 1.54) is 18.0 Å². The van der Waals surface area contributed by atoms with Gasteiger partial charge in [0.25, 0.3) is 5.91 Å². The lowest BCUT2D eigenvalue weighted by Crippen LogP contribution is -2.60. The van der Waals surface area contributed by atoms with Crippen LogP contribution < -0.4 is 10.2 Å². The quantitative estimate of drug-likeness (QED) is 0.835. The molecule has 1 saturated heterocycles. The van der Waals surface area contributed by atoms with Gasteiger partial charge in [0.15, 0.2) is 0 Å². The summed E-state index contributed by atoms with van der Waals surface area (Å²) in [6.07, 6.45) is -4.67. The van der Waals surface area contributed by atoms with Crippen molar-refractivity contribution >= 4 is 17.5 Å². The van der Waals surface area contributed by atoms with Crippen molar-refractivity contribution in [2.75, 3.05) is 31.6 Å². The zero-order chi connectivity index (χ0) is 21.9. The van der Waals surface area contributed by atoms with Gasteiger partial charge in [0.05, 0.1) is 17.2 Å². The van der Waals surface area contributed by atoms with Crippen LogP contribution in [0, 0.1) is 11.3 Å². The van der Waals surface area contributed by atoms with Crippen molar-refractivity contribution < 1.29 is 22.8 Å². The molecule has 1 N–H and O–H groups in total. The first-order valence-electron chi connectivity index (χ1n) is 9.20. The van der Waals surface area contributed by atoms with Crippen molar-refractivity contribution in [1.29, 1.82) is 5.26 Å². The second kappa shape index (κ2) is 8.45. The lowest BCUT2D eigenvalue weighted by molar-refractivity contribution is -0.137. The van der Waals surface area contributed by atoms with Crippen LogP contribution in [0.2, 0.25) is 0 Å². The lowest BCUT2D eigenvalue weighted by Gasteiger charge is -2.41. The highest BCUT2D eigenvalue weighted by Crippen LogP contribution is 2.35. The molecule has 1 atom stereocenters. The molecule has 0 radical (unpaired) electrons. The van der Waals surface area contributed by atoms with Crippen LogP contribution in [-0.2, 0) is 11.0 Å². The molecule has 2 aromatic rings. The molecule has 0 spiro atoms. The van der Waals surface area contributed by atoms with Gasteiger partial charge in [0.2, 0.25) is 5.91 Å². The van der Waals surface area contributed by atoms with Crippen molar-refractivity contribution in [3.05, 3.63) is 65.2 Å². The molecule has 0 bridgehead atoms. The minimum atomic E-state index is -4.67. The average Bonchev–Trinajstić information content (AvgIpc) is 2.77. The van der Waals surface area contributed by atoms with Crippen molar-refractivity contribution in [2.45, 2.75) is 12.2 Å². The SMILES string of the molecule is CNC(=O)C1CN(c2ccc(C#N)c(C(F)(F)F)c2)CCN1C(=O)c1ccccc1. The van der Waals surface area contributed by atoms with Gasteiger partial charge in [-0.25, -0.2) is 0 Å². The third-order valence-electron chi connectivity index (χ3n) is 5.01. The molecule has 1 aliphatic rings. The van der Waals surface area contributed by atoms with E-state index in [9.17, 15) is 22.8 Å². The minimum Gasteiger partial charge on any atom is -0.367 e. The number of carbonyl (C=O) groups excluding carboxylic acids is 2. The molecule has 1 fully saturated rings. The van der Waals surface area contributed by atoms with Crippen LogP contribution in [0.4, 0.5) is 18.9 Å². The Bertz CT molecular complexity index is 986. The van der Waals surface area contributed by atoms with E-state index in [1.54, 1.807) is 41.3 Å². The van der Waals surface area contributed by atoms with Crippen LogP contribution in [0.3, 0.4) is 0 Å². The van der Waals surface area contributed by atoms with Crippen molar-refractivity contribution in [2.24, 2.45) is 0 Å². The molecule has 0 aliphatic carbocycles. The predicted molar refractivity (Wildman–Crippen MR) is 104 cm³/mol. The van der Waals surface area contributed by atoms with Crippen LogP contribution in [0.25, 0.3) is 0 Å². The van der Waals surface area contributed by atoms with Crippen molar-refractivity contribution in [3.63, 3.8) is 0 Å². The van der Waals surface area contributed by atoms with E-state index >= 15 is 0 Å². The van der Waals surface area contributed by atoms with Gasteiger partial charge in [-0.1, -0.05) is 18.2 Å². The maximum absolute atomic E-state index is 13.3. The molecule has 2 aromatic carbocycles.